The molecule has 2 bridgehead atoms. The molecule has 2 aromatic carbocycles. The normalized spacial score (nSPS) is 33.1. The number of nitrogens with zero attached hydrogens (tertiary/aromatic N) is 2. The highest BCUT2D eigenvalue weighted by atomic mass is 16.5. The van der Waals surface area contributed by atoms with E-state index in [4.69, 9.17) is 4.74 Å². The molecule has 2 saturated carbocycles. The number of imide groups is 1. The second-order valence-corrected chi connectivity index (χ2v) is 8.73. The Hall–Kier alpha value is -3.21. The van der Waals surface area contributed by atoms with Gasteiger partial charge >= 0.3 is 0 Å². The lowest BCUT2D eigenvalue weighted by Crippen LogP contribution is -2.40. The number of allylic oxidation sites excluding steroid dienone is 2. The van der Waals surface area contributed by atoms with E-state index in [0.29, 0.717) is 18.4 Å². The van der Waals surface area contributed by atoms with Crippen molar-refractivity contribution in [2.75, 3.05) is 0 Å². The first-order valence-electron chi connectivity index (χ1n) is 10.6. The van der Waals surface area contributed by atoms with Crippen LogP contribution in [0, 0.1) is 35.5 Å². The van der Waals surface area contributed by atoms with Crippen LogP contribution in [-0.2, 0) is 16.2 Å². The van der Waals surface area contributed by atoms with Crippen LogP contribution in [0.2, 0.25) is 0 Å². The molecule has 0 aromatic heterocycles. The summed E-state index contributed by atoms with van der Waals surface area (Å²) in [5.41, 5.74) is 1.93. The summed E-state index contributed by atoms with van der Waals surface area (Å²) in [6.45, 7) is 0.506. The summed E-state index contributed by atoms with van der Waals surface area (Å²) >= 11 is 0. The number of benzene rings is 2. The Labute approximate surface area is 175 Å². The van der Waals surface area contributed by atoms with Crippen LogP contribution in [0.5, 0.6) is 5.75 Å². The lowest BCUT2D eigenvalue weighted by Gasteiger charge is -2.37. The van der Waals surface area contributed by atoms with E-state index >= 15 is 0 Å². The van der Waals surface area contributed by atoms with Gasteiger partial charge in [-0.15, -0.1) is 0 Å². The molecule has 0 N–H and O–H groups in total. The Morgan fingerprint density at radius 1 is 0.900 bits per heavy atom. The number of carbonyl (C=O) groups is 2. The van der Waals surface area contributed by atoms with Crippen molar-refractivity contribution in [2.45, 2.75) is 13.0 Å². The highest BCUT2D eigenvalue weighted by Crippen LogP contribution is 2.65. The molecule has 0 radical (unpaired) electrons. The number of hydrogen-bond donors (Lipinski definition) is 0. The van der Waals surface area contributed by atoms with E-state index in [1.807, 2.05) is 54.6 Å². The zero-order valence-corrected chi connectivity index (χ0v) is 16.4. The van der Waals surface area contributed by atoms with E-state index in [1.165, 1.54) is 0 Å². The standard InChI is InChI=1S/C25H22N2O3/c28-24-22-18-10-11-19(21-12-20(18)21)23(22)25(29)27(24)26-13-15-6-8-17(9-7-15)30-14-16-4-2-1-3-5-16/h1-11,13,18-23H,12,14H2/b26-13+/t18-,19-,20-,21-,22+,23+/m1/s1. The molecule has 4 aliphatic carbocycles. The smallest absolute Gasteiger partial charge is 0.254 e. The molecule has 3 fully saturated rings. The van der Waals surface area contributed by atoms with Crippen LogP contribution in [0.25, 0.3) is 0 Å². The van der Waals surface area contributed by atoms with Gasteiger partial charge in [-0.3, -0.25) is 9.59 Å². The summed E-state index contributed by atoms with van der Waals surface area (Å²) in [5, 5.41) is 5.40. The quantitative estimate of drug-likeness (QED) is 0.439. The van der Waals surface area contributed by atoms with Crippen molar-refractivity contribution in [3.63, 3.8) is 0 Å². The number of hydrogen-bond acceptors (Lipinski definition) is 4. The largest absolute Gasteiger partial charge is 0.489 e. The topological polar surface area (TPSA) is 59.0 Å². The molecule has 5 nitrogen and oxygen atoms in total. The zero-order valence-electron chi connectivity index (χ0n) is 16.4. The molecular weight excluding hydrogens is 376 g/mol. The zero-order chi connectivity index (χ0) is 20.2. The molecule has 2 aromatic rings. The number of amides is 2. The van der Waals surface area contributed by atoms with Crippen molar-refractivity contribution >= 4 is 18.0 Å². The van der Waals surface area contributed by atoms with Gasteiger partial charge in [0.15, 0.2) is 0 Å². The fourth-order valence-electron chi connectivity index (χ4n) is 5.57. The average Bonchev–Trinajstić information content (AvgIpc) is 3.57. The fourth-order valence-corrected chi connectivity index (χ4v) is 5.57. The second-order valence-electron chi connectivity index (χ2n) is 8.73. The van der Waals surface area contributed by atoms with Crippen molar-refractivity contribution < 1.29 is 14.3 Å². The Kier molecular flexibility index (Phi) is 3.91. The highest BCUT2D eigenvalue weighted by molar-refractivity contribution is 6.06. The lowest BCUT2D eigenvalue weighted by atomic mass is 9.63. The van der Waals surface area contributed by atoms with Gasteiger partial charge in [-0.1, -0.05) is 42.5 Å². The fraction of sp³-hybridized carbons (Fsp3) is 0.320. The van der Waals surface area contributed by atoms with Gasteiger partial charge in [-0.2, -0.15) is 10.1 Å². The summed E-state index contributed by atoms with van der Waals surface area (Å²) in [7, 11) is 0. The van der Waals surface area contributed by atoms with Gasteiger partial charge in [0.1, 0.15) is 12.4 Å². The first-order chi connectivity index (χ1) is 14.7. The highest BCUT2D eigenvalue weighted by Gasteiger charge is 2.67. The van der Waals surface area contributed by atoms with Crippen molar-refractivity contribution in [1.29, 1.82) is 0 Å². The Balaban J connectivity index is 1.13. The van der Waals surface area contributed by atoms with Crippen LogP contribution >= 0.6 is 0 Å². The van der Waals surface area contributed by atoms with Gasteiger partial charge < -0.3 is 4.74 Å². The number of carbonyl (C=O) groups excluding carboxylic acids is 2. The van der Waals surface area contributed by atoms with Gasteiger partial charge in [-0.05, 0) is 65.5 Å². The molecule has 0 unspecified atom stereocenters. The molecule has 150 valence electrons. The van der Waals surface area contributed by atoms with Crippen molar-refractivity contribution in [1.82, 2.24) is 5.01 Å². The molecule has 5 heteroatoms. The summed E-state index contributed by atoms with van der Waals surface area (Å²) < 4.78 is 5.80. The van der Waals surface area contributed by atoms with E-state index < -0.39 is 0 Å². The first-order valence-corrected chi connectivity index (χ1v) is 10.6. The predicted octanol–water partition coefficient (Wildman–Crippen LogP) is 3.65. The number of ether oxygens (including phenoxy) is 1. The van der Waals surface area contributed by atoms with Gasteiger partial charge in [0.25, 0.3) is 11.8 Å². The molecule has 1 saturated heterocycles. The lowest BCUT2D eigenvalue weighted by molar-refractivity contribution is -0.140. The number of hydrazone groups is 1. The Morgan fingerprint density at radius 3 is 2.17 bits per heavy atom. The monoisotopic (exact) mass is 398 g/mol. The molecule has 1 heterocycles. The van der Waals surface area contributed by atoms with Crippen LogP contribution in [0.1, 0.15) is 17.5 Å². The van der Waals surface area contributed by atoms with Gasteiger partial charge in [0.2, 0.25) is 0 Å². The van der Waals surface area contributed by atoms with Gasteiger partial charge in [0, 0.05) is 0 Å². The molecular formula is C25H22N2O3. The Morgan fingerprint density at radius 2 is 1.53 bits per heavy atom. The average molecular weight is 398 g/mol. The Bertz CT molecular complexity index is 1020. The van der Waals surface area contributed by atoms with Crippen LogP contribution in [-0.4, -0.2) is 23.0 Å². The summed E-state index contributed by atoms with van der Waals surface area (Å²) in [4.78, 5) is 25.9. The summed E-state index contributed by atoms with van der Waals surface area (Å²) in [6.07, 6.45) is 7.10. The molecule has 1 aliphatic heterocycles. The second kappa shape index (κ2) is 6.66. The maximum absolute atomic E-state index is 12.9. The van der Waals surface area contributed by atoms with E-state index in [9.17, 15) is 9.59 Å². The molecule has 5 aliphatic rings. The van der Waals surface area contributed by atoms with E-state index in [2.05, 4.69) is 17.3 Å². The minimum atomic E-state index is -0.206. The maximum Gasteiger partial charge on any atom is 0.254 e. The van der Waals surface area contributed by atoms with Gasteiger partial charge in [0.05, 0.1) is 18.1 Å². The van der Waals surface area contributed by atoms with E-state index in [-0.39, 0.29) is 35.5 Å². The molecule has 7 rings (SSSR count). The van der Waals surface area contributed by atoms with Gasteiger partial charge in [-0.25, -0.2) is 0 Å². The van der Waals surface area contributed by atoms with Crippen LogP contribution in [0.4, 0.5) is 0 Å². The molecule has 30 heavy (non-hydrogen) atoms. The van der Waals surface area contributed by atoms with Crippen LogP contribution in [0.3, 0.4) is 0 Å². The molecule has 0 spiro atoms. The minimum Gasteiger partial charge on any atom is -0.489 e. The van der Waals surface area contributed by atoms with Crippen molar-refractivity contribution in [3.8, 4) is 5.75 Å². The van der Waals surface area contributed by atoms with E-state index in [0.717, 1.165) is 28.3 Å². The summed E-state index contributed by atoms with van der Waals surface area (Å²) in [5.74, 6) is 1.74. The summed E-state index contributed by atoms with van der Waals surface area (Å²) in [6, 6.07) is 17.5. The minimum absolute atomic E-state index is 0.131. The third-order valence-electron chi connectivity index (χ3n) is 7.09. The molecule has 2 amide bonds. The van der Waals surface area contributed by atoms with Crippen LogP contribution in [0.15, 0.2) is 71.9 Å². The van der Waals surface area contributed by atoms with E-state index in [1.54, 1.807) is 6.21 Å². The first kappa shape index (κ1) is 17.6. The predicted molar refractivity (Wildman–Crippen MR) is 111 cm³/mol. The van der Waals surface area contributed by atoms with Crippen LogP contribution < -0.4 is 4.74 Å². The van der Waals surface area contributed by atoms with Crippen molar-refractivity contribution in [3.05, 3.63) is 77.9 Å². The molecule has 6 atom stereocenters. The SMILES string of the molecule is O=C1[C@H]2[C@@H]3C=C[C@H]([C@H]4C[C@H]34)[C@@H]2C(=O)N1/N=C/c1ccc(OCc2ccccc2)cc1. The van der Waals surface area contributed by atoms with Crippen molar-refractivity contribution in [2.24, 2.45) is 40.6 Å². The third kappa shape index (κ3) is 2.72. The number of rotatable bonds is 5. The third-order valence-corrected chi connectivity index (χ3v) is 7.09. The maximum atomic E-state index is 12.9.